The fourth-order valence-electron chi connectivity index (χ4n) is 4.04. The van der Waals surface area contributed by atoms with Crippen LogP contribution >= 0.6 is 0 Å². The van der Waals surface area contributed by atoms with Crippen LogP contribution in [0, 0.1) is 11.7 Å². The number of rotatable bonds is 5. The molecular weight excluding hydrogens is 345 g/mol. The first-order chi connectivity index (χ1) is 13.0. The molecule has 0 aliphatic carbocycles. The van der Waals surface area contributed by atoms with Crippen LogP contribution in [0.5, 0.6) is 0 Å². The normalized spacial score (nSPS) is 22.8. The maximum Gasteiger partial charge on any atom is 0.236 e. The van der Waals surface area contributed by atoms with Crippen molar-refractivity contribution in [2.45, 2.75) is 32.9 Å². The molecule has 2 aliphatic heterocycles. The molecule has 1 amide bonds. The van der Waals surface area contributed by atoms with E-state index in [2.05, 4.69) is 23.6 Å². The van der Waals surface area contributed by atoms with Gasteiger partial charge in [0.25, 0.3) is 0 Å². The summed E-state index contributed by atoms with van der Waals surface area (Å²) in [5, 5.41) is 0. The number of hydrogen-bond donors (Lipinski definition) is 0. The molecule has 1 atom stereocenters. The summed E-state index contributed by atoms with van der Waals surface area (Å²) in [4.78, 5) is 19.4. The summed E-state index contributed by atoms with van der Waals surface area (Å²) in [6, 6.07) is 7.19. The zero-order valence-electron chi connectivity index (χ0n) is 16.6. The lowest BCUT2D eigenvalue weighted by atomic mass is 10.0. The molecule has 5 nitrogen and oxygen atoms in total. The van der Waals surface area contributed by atoms with Gasteiger partial charge in [0.15, 0.2) is 0 Å². The van der Waals surface area contributed by atoms with Crippen LogP contribution in [0.15, 0.2) is 24.3 Å². The Labute approximate surface area is 162 Å². The van der Waals surface area contributed by atoms with Crippen LogP contribution in [0.25, 0.3) is 0 Å². The van der Waals surface area contributed by atoms with Crippen molar-refractivity contribution in [3.63, 3.8) is 0 Å². The molecule has 2 fully saturated rings. The summed E-state index contributed by atoms with van der Waals surface area (Å²) >= 11 is 0. The molecule has 6 heteroatoms. The van der Waals surface area contributed by atoms with E-state index in [1.165, 1.54) is 12.1 Å². The Hall–Kier alpha value is -1.50. The molecule has 0 saturated carbocycles. The monoisotopic (exact) mass is 377 g/mol. The van der Waals surface area contributed by atoms with Gasteiger partial charge in [-0.25, -0.2) is 4.39 Å². The SMILES string of the molecule is CC(C)[C@H]1CN(CC(=O)N2CCOCC2)CCCN1Cc1ccc(F)cc1. The number of halogens is 1. The summed E-state index contributed by atoms with van der Waals surface area (Å²) in [6.45, 7) is 11.4. The molecule has 0 N–H and O–H groups in total. The molecule has 0 aromatic heterocycles. The lowest BCUT2D eigenvalue weighted by Gasteiger charge is -2.35. The van der Waals surface area contributed by atoms with Crippen LogP contribution in [0.3, 0.4) is 0 Å². The Bertz CT molecular complexity index is 602. The van der Waals surface area contributed by atoms with Crippen molar-refractivity contribution in [1.29, 1.82) is 0 Å². The van der Waals surface area contributed by atoms with E-state index >= 15 is 0 Å². The van der Waals surface area contributed by atoms with Gasteiger partial charge in [-0.2, -0.15) is 0 Å². The molecule has 3 rings (SSSR count). The predicted molar refractivity (Wildman–Crippen MR) is 104 cm³/mol. The van der Waals surface area contributed by atoms with E-state index in [1.807, 2.05) is 17.0 Å². The van der Waals surface area contributed by atoms with Crippen molar-refractivity contribution >= 4 is 5.91 Å². The van der Waals surface area contributed by atoms with Gasteiger partial charge >= 0.3 is 0 Å². The molecular formula is C21H32FN3O2. The maximum absolute atomic E-state index is 13.2. The van der Waals surface area contributed by atoms with Crippen LogP contribution in [0.2, 0.25) is 0 Å². The highest BCUT2D eigenvalue weighted by Gasteiger charge is 2.29. The second-order valence-corrected chi connectivity index (χ2v) is 7.99. The first-order valence-electron chi connectivity index (χ1n) is 10.1. The van der Waals surface area contributed by atoms with Crippen LogP contribution in [0.1, 0.15) is 25.8 Å². The molecule has 27 heavy (non-hydrogen) atoms. The number of benzene rings is 1. The Morgan fingerprint density at radius 3 is 2.52 bits per heavy atom. The predicted octanol–water partition coefficient (Wildman–Crippen LogP) is 2.22. The number of carbonyl (C=O) groups excluding carboxylic acids is 1. The fraction of sp³-hybridized carbons (Fsp3) is 0.667. The summed E-state index contributed by atoms with van der Waals surface area (Å²) < 4.78 is 18.5. The minimum atomic E-state index is -0.192. The van der Waals surface area contributed by atoms with E-state index in [1.54, 1.807) is 0 Å². The third-order valence-corrected chi connectivity index (χ3v) is 5.63. The summed E-state index contributed by atoms with van der Waals surface area (Å²) in [6.07, 6.45) is 1.04. The van der Waals surface area contributed by atoms with Gasteiger partial charge < -0.3 is 9.64 Å². The number of ether oxygens (including phenoxy) is 1. The highest BCUT2D eigenvalue weighted by atomic mass is 19.1. The average Bonchev–Trinajstić information content (AvgIpc) is 2.86. The average molecular weight is 378 g/mol. The van der Waals surface area contributed by atoms with Crippen LogP contribution in [0.4, 0.5) is 4.39 Å². The lowest BCUT2D eigenvalue weighted by molar-refractivity contribution is -0.136. The largest absolute Gasteiger partial charge is 0.378 e. The second kappa shape index (κ2) is 9.62. The van der Waals surface area contributed by atoms with Crippen molar-refractivity contribution in [2.75, 3.05) is 52.5 Å². The second-order valence-electron chi connectivity index (χ2n) is 7.99. The molecule has 0 radical (unpaired) electrons. The summed E-state index contributed by atoms with van der Waals surface area (Å²) in [7, 11) is 0. The highest BCUT2D eigenvalue weighted by Crippen LogP contribution is 2.20. The van der Waals surface area contributed by atoms with Crippen LogP contribution < -0.4 is 0 Å². The molecule has 1 aromatic rings. The molecule has 0 spiro atoms. The lowest BCUT2D eigenvalue weighted by Crippen LogP contribution is -2.49. The highest BCUT2D eigenvalue weighted by molar-refractivity contribution is 5.78. The number of hydrogen-bond acceptors (Lipinski definition) is 4. The van der Waals surface area contributed by atoms with E-state index in [-0.39, 0.29) is 11.7 Å². The minimum Gasteiger partial charge on any atom is -0.378 e. The van der Waals surface area contributed by atoms with Gasteiger partial charge in [0.1, 0.15) is 5.82 Å². The fourth-order valence-corrected chi connectivity index (χ4v) is 4.04. The van der Waals surface area contributed by atoms with Gasteiger partial charge in [-0.3, -0.25) is 14.6 Å². The number of carbonyl (C=O) groups is 1. The van der Waals surface area contributed by atoms with Crippen molar-refractivity contribution in [3.8, 4) is 0 Å². The van der Waals surface area contributed by atoms with Crippen molar-refractivity contribution < 1.29 is 13.9 Å². The van der Waals surface area contributed by atoms with Crippen LogP contribution in [-0.2, 0) is 16.1 Å². The number of amides is 1. The van der Waals surface area contributed by atoms with Crippen LogP contribution in [-0.4, -0.2) is 79.1 Å². The molecule has 1 aromatic carbocycles. The third-order valence-electron chi connectivity index (χ3n) is 5.63. The van der Waals surface area contributed by atoms with E-state index in [4.69, 9.17) is 4.74 Å². The Morgan fingerprint density at radius 2 is 1.85 bits per heavy atom. The topological polar surface area (TPSA) is 36.0 Å². The number of morpholine rings is 1. The van der Waals surface area contributed by atoms with Gasteiger partial charge in [-0.15, -0.1) is 0 Å². The third kappa shape index (κ3) is 5.74. The molecule has 2 aliphatic rings. The van der Waals surface area contributed by atoms with Gasteiger partial charge in [-0.05, 0) is 36.6 Å². The number of nitrogens with zero attached hydrogens (tertiary/aromatic N) is 3. The standard InChI is InChI=1S/C21H32FN3O2/c1-17(2)20-15-23(16-21(26)24-10-12-27-13-11-24)8-3-9-25(20)14-18-4-6-19(22)7-5-18/h4-7,17,20H,3,8-16H2,1-2H3/t20-/m1/s1. The van der Waals surface area contributed by atoms with E-state index in [0.29, 0.717) is 44.8 Å². The first kappa shape index (κ1) is 20.2. The molecule has 2 saturated heterocycles. The van der Waals surface area contributed by atoms with E-state index in [0.717, 1.165) is 38.2 Å². The van der Waals surface area contributed by atoms with Gasteiger partial charge in [-0.1, -0.05) is 26.0 Å². The molecule has 2 heterocycles. The van der Waals surface area contributed by atoms with Crippen molar-refractivity contribution in [3.05, 3.63) is 35.6 Å². The smallest absolute Gasteiger partial charge is 0.236 e. The van der Waals surface area contributed by atoms with E-state index < -0.39 is 0 Å². The van der Waals surface area contributed by atoms with Crippen molar-refractivity contribution in [2.24, 2.45) is 5.92 Å². The molecule has 0 unspecified atom stereocenters. The van der Waals surface area contributed by atoms with Crippen molar-refractivity contribution in [1.82, 2.24) is 14.7 Å². The molecule has 150 valence electrons. The van der Waals surface area contributed by atoms with Gasteiger partial charge in [0.05, 0.1) is 19.8 Å². The Kier molecular flexibility index (Phi) is 7.21. The van der Waals surface area contributed by atoms with Gasteiger partial charge in [0, 0.05) is 38.8 Å². The van der Waals surface area contributed by atoms with E-state index in [9.17, 15) is 9.18 Å². The quantitative estimate of drug-likeness (QED) is 0.788. The maximum atomic E-state index is 13.2. The first-order valence-corrected chi connectivity index (χ1v) is 10.1. The zero-order valence-corrected chi connectivity index (χ0v) is 16.6. The summed E-state index contributed by atoms with van der Waals surface area (Å²) in [5.41, 5.74) is 1.14. The van der Waals surface area contributed by atoms with Gasteiger partial charge in [0.2, 0.25) is 5.91 Å². The summed E-state index contributed by atoms with van der Waals surface area (Å²) in [5.74, 6) is 0.514. The zero-order chi connectivity index (χ0) is 19.2. The molecule has 0 bridgehead atoms. The Morgan fingerprint density at radius 1 is 1.15 bits per heavy atom. The minimum absolute atomic E-state index is 0.192. The Balaban J connectivity index is 1.61.